The molecule has 13 heavy (non-hydrogen) atoms. The lowest BCUT2D eigenvalue weighted by Crippen LogP contribution is -2.26. The van der Waals surface area contributed by atoms with E-state index in [1.165, 1.54) is 6.42 Å². The number of hydrogen-bond acceptors (Lipinski definition) is 1. The molecule has 0 aromatic carbocycles. The van der Waals surface area contributed by atoms with Gasteiger partial charge in [0.2, 0.25) is 9.04 Å². The van der Waals surface area contributed by atoms with Crippen molar-refractivity contribution in [2.45, 2.75) is 59.0 Å². The Hall–Kier alpha value is 0.177. The molecule has 2 heteroatoms. The molecule has 0 amide bonds. The van der Waals surface area contributed by atoms with Gasteiger partial charge in [-0.25, -0.2) is 0 Å². The third-order valence-electron chi connectivity index (χ3n) is 2.10. The molecular formula is C11H25OSi. The topological polar surface area (TPSA) is 9.23 Å². The summed E-state index contributed by atoms with van der Waals surface area (Å²) in [6, 6.07) is 0. The van der Waals surface area contributed by atoms with Gasteiger partial charge in [0.25, 0.3) is 0 Å². The molecule has 1 nitrogen and oxygen atoms in total. The van der Waals surface area contributed by atoms with Gasteiger partial charge in [-0.05, 0) is 23.4 Å². The van der Waals surface area contributed by atoms with Gasteiger partial charge >= 0.3 is 0 Å². The van der Waals surface area contributed by atoms with Gasteiger partial charge in [-0.15, -0.1) is 0 Å². The van der Waals surface area contributed by atoms with Gasteiger partial charge in [0.05, 0.1) is 0 Å². The van der Waals surface area contributed by atoms with E-state index in [0.717, 1.165) is 23.6 Å². The van der Waals surface area contributed by atoms with Crippen LogP contribution in [0.3, 0.4) is 0 Å². The maximum atomic E-state index is 5.98. The first-order valence-corrected chi connectivity index (χ1v) is 7.01. The molecule has 0 aliphatic carbocycles. The molecule has 0 unspecified atom stereocenters. The van der Waals surface area contributed by atoms with E-state index in [1.807, 2.05) is 0 Å². The van der Waals surface area contributed by atoms with Gasteiger partial charge < -0.3 is 4.43 Å². The van der Waals surface area contributed by atoms with Crippen LogP contribution in [0.25, 0.3) is 0 Å². The highest BCUT2D eigenvalue weighted by Gasteiger charge is 2.21. The van der Waals surface area contributed by atoms with Crippen LogP contribution in [0, 0.1) is 5.92 Å². The standard InChI is InChI=1S/C11H25OSi/c1-9(2)7-8-12-13(10(3)4)11(5)6/h9-11H,7-8H2,1-6H3. The summed E-state index contributed by atoms with van der Waals surface area (Å²) in [7, 11) is -0.574. The Balaban J connectivity index is 3.70. The van der Waals surface area contributed by atoms with Crippen LogP contribution in [0.1, 0.15) is 48.0 Å². The molecule has 0 spiro atoms. The highest BCUT2D eigenvalue weighted by molar-refractivity contribution is 6.54. The van der Waals surface area contributed by atoms with E-state index in [1.54, 1.807) is 0 Å². The van der Waals surface area contributed by atoms with Crippen LogP contribution in [-0.4, -0.2) is 15.6 Å². The molecule has 0 atom stereocenters. The Morgan fingerprint density at radius 3 is 1.69 bits per heavy atom. The largest absolute Gasteiger partial charge is 0.416 e. The highest BCUT2D eigenvalue weighted by Crippen LogP contribution is 2.21. The Bertz CT molecular complexity index is 113. The maximum Gasteiger partial charge on any atom is 0.216 e. The Morgan fingerprint density at radius 2 is 1.38 bits per heavy atom. The third-order valence-corrected chi connectivity index (χ3v) is 4.92. The van der Waals surface area contributed by atoms with Crippen LogP contribution < -0.4 is 0 Å². The fourth-order valence-corrected chi connectivity index (χ4v) is 3.77. The SMILES string of the molecule is CC(C)CCO[Si](C(C)C)C(C)C. The second kappa shape index (κ2) is 6.60. The summed E-state index contributed by atoms with van der Waals surface area (Å²) in [4.78, 5) is 0. The normalized spacial score (nSPS) is 12.5. The Morgan fingerprint density at radius 1 is 0.923 bits per heavy atom. The van der Waals surface area contributed by atoms with Crippen LogP contribution in [0.5, 0.6) is 0 Å². The van der Waals surface area contributed by atoms with Crippen LogP contribution in [-0.2, 0) is 4.43 Å². The van der Waals surface area contributed by atoms with Crippen LogP contribution in [0.2, 0.25) is 11.1 Å². The summed E-state index contributed by atoms with van der Waals surface area (Å²) in [6.07, 6.45) is 1.20. The second-order valence-electron chi connectivity index (χ2n) is 4.74. The minimum absolute atomic E-state index is 0.574. The molecule has 0 saturated carbocycles. The minimum Gasteiger partial charge on any atom is -0.416 e. The Kier molecular flexibility index (Phi) is 6.69. The number of hydrogen-bond donors (Lipinski definition) is 0. The van der Waals surface area contributed by atoms with E-state index in [4.69, 9.17) is 4.43 Å². The van der Waals surface area contributed by atoms with Crippen LogP contribution in [0.4, 0.5) is 0 Å². The first-order chi connectivity index (χ1) is 5.95. The zero-order valence-corrected chi connectivity index (χ0v) is 11.1. The summed E-state index contributed by atoms with van der Waals surface area (Å²) in [5.41, 5.74) is 1.47. The molecule has 0 rings (SSSR count). The van der Waals surface area contributed by atoms with E-state index in [0.29, 0.717) is 0 Å². The van der Waals surface area contributed by atoms with Crippen LogP contribution >= 0.6 is 0 Å². The molecular weight excluding hydrogens is 176 g/mol. The molecule has 0 N–H and O–H groups in total. The van der Waals surface area contributed by atoms with Gasteiger partial charge in [-0.3, -0.25) is 0 Å². The number of rotatable bonds is 6. The van der Waals surface area contributed by atoms with E-state index in [-0.39, 0.29) is 0 Å². The van der Waals surface area contributed by atoms with E-state index in [9.17, 15) is 0 Å². The van der Waals surface area contributed by atoms with Crippen molar-refractivity contribution in [2.24, 2.45) is 5.92 Å². The van der Waals surface area contributed by atoms with Crippen molar-refractivity contribution in [1.82, 2.24) is 0 Å². The van der Waals surface area contributed by atoms with Gasteiger partial charge in [0, 0.05) is 6.61 Å². The average molecular weight is 201 g/mol. The summed E-state index contributed by atoms with van der Waals surface area (Å²) >= 11 is 0. The van der Waals surface area contributed by atoms with E-state index in [2.05, 4.69) is 41.5 Å². The van der Waals surface area contributed by atoms with Gasteiger partial charge in [0.15, 0.2) is 0 Å². The van der Waals surface area contributed by atoms with Gasteiger partial charge in [0.1, 0.15) is 0 Å². The summed E-state index contributed by atoms with van der Waals surface area (Å²) < 4.78 is 5.98. The van der Waals surface area contributed by atoms with Crippen molar-refractivity contribution in [1.29, 1.82) is 0 Å². The van der Waals surface area contributed by atoms with E-state index < -0.39 is 9.04 Å². The lowest BCUT2D eigenvalue weighted by Gasteiger charge is -2.22. The fourth-order valence-electron chi connectivity index (χ4n) is 1.41. The van der Waals surface area contributed by atoms with Crippen molar-refractivity contribution in [3.63, 3.8) is 0 Å². The second-order valence-corrected chi connectivity index (χ2v) is 8.15. The molecule has 0 aliphatic rings. The van der Waals surface area contributed by atoms with Gasteiger partial charge in [-0.1, -0.05) is 41.5 Å². The molecule has 0 bridgehead atoms. The maximum absolute atomic E-state index is 5.98. The lowest BCUT2D eigenvalue weighted by atomic mass is 10.2. The van der Waals surface area contributed by atoms with Crippen molar-refractivity contribution in [2.75, 3.05) is 6.61 Å². The highest BCUT2D eigenvalue weighted by atomic mass is 28.3. The minimum atomic E-state index is -0.574. The predicted molar refractivity (Wildman–Crippen MR) is 61.4 cm³/mol. The zero-order valence-electron chi connectivity index (χ0n) is 10.1. The summed E-state index contributed by atoms with van der Waals surface area (Å²) in [5.74, 6) is 0.766. The molecule has 1 radical (unpaired) electrons. The smallest absolute Gasteiger partial charge is 0.216 e. The summed E-state index contributed by atoms with van der Waals surface area (Å²) in [5, 5.41) is 0. The van der Waals surface area contributed by atoms with Crippen LogP contribution in [0.15, 0.2) is 0 Å². The van der Waals surface area contributed by atoms with Crippen molar-refractivity contribution < 1.29 is 4.43 Å². The molecule has 0 aromatic heterocycles. The van der Waals surface area contributed by atoms with Crippen molar-refractivity contribution in [3.05, 3.63) is 0 Å². The first kappa shape index (κ1) is 13.2. The zero-order chi connectivity index (χ0) is 10.4. The molecule has 0 fully saturated rings. The van der Waals surface area contributed by atoms with Crippen molar-refractivity contribution >= 4 is 9.04 Å². The first-order valence-electron chi connectivity index (χ1n) is 5.44. The monoisotopic (exact) mass is 201 g/mol. The third kappa shape index (κ3) is 6.27. The molecule has 0 heterocycles. The van der Waals surface area contributed by atoms with E-state index >= 15 is 0 Å². The molecule has 0 aliphatic heterocycles. The quantitative estimate of drug-likeness (QED) is 0.593. The van der Waals surface area contributed by atoms with Crippen molar-refractivity contribution in [3.8, 4) is 0 Å². The molecule has 0 saturated heterocycles. The molecule has 79 valence electrons. The van der Waals surface area contributed by atoms with Gasteiger partial charge in [-0.2, -0.15) is 0 Å². The predicted octanol–water partition coefficient (Wildman–Crippen LogP) is 3.86. The Labute approximate surface area is 85.6 Å². The average Bonchev–Trinajstić information content (AvgIpc) is 1.95. The summed E-state index contributed by atoms with van der Waals surface area (Å²) in [6.45, 7) is 14.6. The molecule has 0 aromatic rings. The lowest BCUT2D eigenvalue weighted by molar-refractivity contribution is 0.281. The fraction of sp³-hybridized carbons (Fsp3) is 1.00.